The molecule has 0 amide bonds. The Bertz CT molecular complexity index is 1960. The Hall–Kier alpha value is -3.75. The summed E-state index contributed by atoms with van der Waals surface area (Å²) in [4.78, 5) is 20.7. The van der Waals surface area contributed by atoms with Crippen LogP contribution in [-0.4, -0.2) is 9.79 Å². The molecule has 6 rings (SSSR count). The zero-order valence-electron chi connectivity index (χ0n) is 25.1. The normalized spacial score (nSPS) is 12.5. The Morgan fingerprint density at radius 1 is 0.524 bits per heavy atom. The summed E-state index contributed by atoms with van der Waals surface area (Å²) in [6.07, 6.45) is 0. The molecular weight excluding hydrogens is 535 g/mol. The number of hydrogen-bond acceptors (Lipinski definition) is 3. The quantitative estimate of drug-likeness (QED) is 0.207. The molecule has 0 heterocycles. The van der Waals surface area contributed by atoms with Gasteiger partial charge in [0.25, 0.3) is 0 Å². The van der Waals surface area contributed by atoms with Gasteiger partial charge in [0.15, 0.2) is 0 Å². The summed E-state index contributed by atoms with van der Waals surface area (Å²) < 4.78 is 6.10. The summed E-state index contributed by atoms with van der Waals surface area (Å²) >= 11 is 0. The van der Waals surface area contributed by atoms with Crippen LogP contribution in [0.2, 0.25) is 0 Å². The Morgan fingerprint density at radius 3 is 1.55 bits per heavy atom. The van der Waals surface area contributed by atoms with Crippen molar-refractivity contribution in [3.63, 3.8) is 0 Å². The van der Waals surface area contributed by atoms with Gasteiger partial charge in [0, 0.05) is 11.1 Å². The van der Waals surface area contributed by atoms with Gasteiger partial charge in [0.2, 0.25) is 0 Å². The zero-order chi connectivity index (χ0) is 29.8. The van der Waals surface area contributed by atoms with E-state index in [4.69, 9.17) is 4.52 Å². The van der Waals surface area contributed by atoms with Crippen LogP contribution >= 0.6 is 8.60 Å². The van der Waals surface area contributed by atoms with E-state index in [1.54, 1.807) is 0 Å². The topological polar surface area (TPSA) is 49.7 Å². The van der Waals surface area contributed by atoms with Crippen molar-refractivity contribution in [1.82, 2.24) is 0 Å². The summed E-state index contributed by atoms with van der Waals surface area (Å²) in [7, 11) is -2.67. The Kier molecular flexibility index (Phi) is 7.10. The predicted octanol–water partition coefficient (Wildman–Crippen LogP) is 10.7. The third-order valence-corrected chi connectivity index (χ3v) is 8.47. The van der Waals surface area contributed by atoms with Gasteiger partial charge < -0.3 is 14.3 Å². The molecule has 0 fully saturated rings. The molecule has 0 aliphatic rings. The van der Waals surface area contributed by atoms with Crippen molar-refractivity contribution in [3.8, 4) is 28.0 Å². The number of rotatable bonds is 4. The minimum absolute atomic E-state index is 0.0560. The number of fused-ring (bicyclic) bond motifs is 3. The van der Waals surface area contributed by atoms with Gasteiger partial charge in [0.1, 0.15) is 5.75 Å². The molecule has 0 radical (unpaired) electrons. The molecule has 0 saturated heterocycles. The number of hydrogen-bond donors (Lipinski definition) is 2. The van der Waals surface area contributed by atoms with E-state index in [2.05, 4.69) is 133 Å². The molecule has 42 heavy (non-hydrogen) atoms. The van der Waals surface area contributed by atoms with E-state index in [9.17, 15) is 9.79 Å². The van der Waals surface area contributed by atoms with Crippen molar-refractivity contribution < 1.29 is 14.3 Å². The summed E-state index contributed by atoms with van der Waals surface area (Å²) in [5.41, 5.74) is 5.73. The van der Waals surface area contributed by atoms with Crippen LogP contribution in [0, 0.1) is 0 Å². The molecule has 0 aromatic heterocycles. The highest BCUT2D eigenvalue weighted by molar-refractivity contribution is 7.39. The lowest BCUT2D eigenvalue weighted by atomic mass is 9.75. The molecule has 6 aromatic carbocycles. The second kappa shape index (κ2) is 10.5. The first kappa shape index (κ1) is 28.4. The number of benzene rings is 6. The van der Waals surface area contributed by atoms with Gasteiger partial charge in [0.05, 0.1) is 0 Å². The highest BCUT2D eigenvalue weighted by Gasteiger charge is 2.32. The van der Waals surface area contributed by atoms with Crippen molar-refractivity contribution in [2.75, 3.05) is 0 Å². The van der Waals surface area contributed by atoms with Crippen LogP contribution in [0.15, 0.2) is 103 Å². The Morgan fingerprint density at radius 2 is 1.05 bits per heavy atom. The third-order valence-electron chi connectivity index (χ3n) is 8.13. The highest BCUT2D eigenvalue weighted by Crippen LogP contribution is 2.53. The lowest BCUT2D eigenvalue weighted by molar-refractivity contribution is 0.371. The van der Waals surface area contributed by atoms with Crippen LogP contribution in [0.1, 0.15) is 52.7 Å². The van der Waals surface area contributed by atoms with Crippen molar-refractivity contribution in [2.45, 2.75) is 52.4 Å². The molecule has 6 aromatic rings. The van der Waals surface area contributed by atoms with Crippen molar-refractivity contribution in [3.05, 3.63) is 114 Å². The van der Waals surface area contributed by atoms with Gasteiger partial charge in [-0.15, -0.1) is 0 Å². The molecule has 0 atom stereocenters. The summed E-state index contributed by atoms with van der Waals surface area (Å²) in [5.74, 6) is 0.521. The van der Waals surface area contributed by atoms with Gasteiger partial charge >= 0.3 is 8.60 Å². The van der Waals surface area contributed by atoms with E-state index >= 15 is 0 Å². The molecule has 3 nitrogen and oxygen atoms in total. The first-order valence-electron chi connectivity index (χ1n) is 14.4. The average Bonchev–Trinajstić information content (AvgIpc) is 2.94. The molecule has 212 valence electrons. The van der Waals surface area contributed by atoms with Crippen LogP contribution in [0.25, 0.3) is 54.6 Å². The second-order valence-electron chi connectivity index (χ2n) is 13.2. The van der Waals surface area contributed by atoms with E-state index in [0.29, 0.717) is 5.75 Å². The fourth-order valence-corrected chi connectivity index (χ4v) is 6.44. The zero-order valence-corrected chi connectivity index (χ0v) is 26.0. The molecule has 0 aliphatic heterocycles. The van der Waals surface area contributed by atoms with Gasteiger partial charge in [-0.25, -0.2) is 0 Å². The van der Waals surface area contributed by atoms with E-state index in [1.165, 1.54) is 10.9 Å². The van der Waals surface area contributed by atoms with E-state index in [-0.39, 0.29) is 10.8 Å². The Labute approximate surface area is 249 Å². The SMILES string of the molecule is CC(C)(C)c1ccc2c(-c3ccc4ccccc4c3)c(OP(O)O)c(C(C)(C)C)c(-c3ccc4ccccc4c3)c2c1. The van der Waals surface area contributed by atoms with Gasteiger partial charge in [-0.05, 0) is 83.6 Å². The largest absolute Gasteiger partial charge is 0.426 e. The third kappa shape index (κ3) is 5.18. The molecule has 0 unspecified atom stereocenters. The van der Waals surface area contributed by atoms with Gasteiger partial charge in [-0.2, -0.15) is 0 Å². The lowest BCUT2D eigenvalue weighted by Gasteiger charge is -2.31. The average molecular weight is 573 g/mol. The molecule has 0 aliphatic carbocycles. The molecule has 0 saturated carbocycles. The van der Waals surface area contributed by atoms with Gasteiger partial charge in [-0.1, -0.05) is 126 Å². The maximum atomic E-state index is 10.4. The van der Waals surface area contributed by atoms with Crippen LogP contribution < -0.4 is 4.52 Å². The Balaban J connectivity index is 1.83. The predicted molar refractivity (Wildman–Crippen MR) is 179 cm³/mol. The van der Waals surface area contributed by atoms with E-state index < -0.39 is 8.60 Å². The van der Waals surface area contributed by atoms with Gasteiger partial charge in [-0.3, -0.25) is 0 Å². The van der Waals surface area contributed by atoms with Crippen molar-refractivity contribution >= 4 is 40.9 Å². The maximum absolute atomic E-state index is 10.4. The first-order chi connectivity index (χ1) is 19.9. The maximum Gasteiger partial charge on any atom is 0.391 e. The fraction of sp³-hybridized carbons (Fsp3) is 0.211. The monoisotopic (exact) mass is 572 g/mol. The van der Waals surface area contributed by atoms with Crippen LogP contribution in [0.5, 0.6) is 5.75 Å². The fourth-order valence-electron chi connectivity index (χ4n) is 6.10. The molecule has 4 heteroatoms. The van der Waals surface area contributed by atoms with Crippen molar-refractivity contribution in [2.24, 2.45) is 0 Å². The van der Waals surface area contributed by atoms with Crippen LogP contribution in [0.3, 0.4) is 0 Å². The summed E-state index contributed by atoms with van der Waals surface area (Å²) in [6.45, 7) is 13.2. The molecule has 0 spiro atoms. The standard InChI is InChI=1S/C38H37O3P/c1-37(2,3)30-19-20-31-32(23-30)33(28-17-15-24-11-7-9-13-26(24)21-28)35(38(4,5)6)36(41-42(39)40)34(31)29-18-16-25-12-8-10-14-27(25)22-29/h7-23,39-40H,1-6H3. The minimum atomic E-state index is -2.67. The van der Waals surface area contributed by atoms with Crippen LogP contribution in [0.4, 0.5) is 0 Å². The lowest BCUT2D eigenvalue weighted by Crippen LogP contribution is -2.16. The highest BCUT2D eigenvalue weighted by atomic mass is 31.2. The van der Waals surface area contributed by atoms with Crippen LogP contribution in [-0.2, 0) is 10.8 Å². The second-order valence-corrected chi connectivity index (χ2v) is 13.9. The molecule has 0 bridgehead atoms. The van der Waals surface area contributed by atoms with E-state index in [1.807, 2.05) is 12.1 Å². The summed E-state index contributed by atoms with van der Waals surface area (Å²) in [5, 5.41) is 6.74. The minimum Gasteiger partial charge on any atom is -0.426 e. The molecule has 2 N–H and O–H groups in total. The summed E-state index contributed by atoms with van der Waals surface area (Å²) in [6, 6.07) is 36.4. The molecular formula is C38H37O3P. The van der Waals surface area contributed by atoms with Crippen molar-refractivity contribution in [1.29, 1.82) is 0 Å². The first-order valence-corrected chi connectivity index (χ1v) is 15.6. The smallest absolute Gasteiger partial charge is 0.391 e. The van der Waals surface area contributed by atoms with E-state index in [0.717, 1.165) is 54.7 Å².